The monoisotopic (exact) mass is 395 g/mol. The number of anilines is 3. The molecule has 3 rings (SSSR count). The first-order chi connectivity index (χ1) is 13.4. The summed E-state index contributed by atoms with van der Waals surface area (Å²) in [6.07, 6.45) is 1.91. The normalized spacial score (nSPS) is 11.0. The predicted octanol–water partition coefficient (Wildman–Crippen LogP) is 4.01. The highest BCUT2D eigenvalue weighted by Crippen LogP contribution is 2.18. The molecule has 3 aromatic rings. The zero-order valence-corrected chi connectivity index (χ0v) is 16.2. The largest absolute Gasteiger partial charge is 0.340 e. The van der Waals surface area contributed by atoms with Crippen molar-refractivity contribution in [3.8, 4) is 0 Å². The first-order valence-corrected chi connectivity index (χ1v) is 10.4. The summed E-state index contributed by atoms with van der Waals surface area (Å²) >= 11 is 0. The molecule has 0 saturated heterocycles. The molecule has 0 aliphatic carbocycles. The number of ketones is 1. The number of aromatic nitrogens is 1. The van der Waals surface area contributed by atoms with Gasteiger partial charge in [-0.2, -0.15) is 0 Å². The molecule has 1 heterocycles. The fourth-order valence-corrected chi connectivity index (χ4v) is 3.68. The van der Waals surface area contributed by atoms with Crippen LogP contribution in [0.15, 0.2) is 72.9 Å². The third kappa shape index (κ3) is 5.65. The third-order valence-electron chi connectivity index (χ3n) is 4.10. The van der Waals surface area contributed by atoms with Gasteiger partial charge in [0.2, 0.25) is 10.0 Å². The molecular weight excluding hydrogens is 374 g/mol. The maximum absolute atomic E-state index is 12.3. The second-order valence-electron chi connectivity index (χ2n) is 6.35. The van der Waals surface area contributed by atoms with Crippen LogP contribution in [0.2, 0.25) is 0 Å². The smallest absolute Gasteiger partial charge is 0.233 e. The van der Waals surface area contributed by atoms with Crippen molar-refractivity contribution in [2.75, 3.05) is 15.8 Å². The molecule has 0 saturated carbocycles. The summed E-state index contributed by atoms with van der Waals surface area (Å²) in [5, 5.41) is 3.11. The molecule has 0 fully saturated rings. The predicted molar refractivity (Wildman–Crippen MR) is 112 cm³/mol. The number of hydrogen-bond donors (Lipinski definition) is 2. The van der Waals surface area contributed by atoms with Gasteiger partial charge < -0.3 is 5.32 Å². The minimum Gasteiger partial charge on any atom is -0.340 e. The van der Waals surface area contributed by atoms with Crippen LogP contribution in [-0.4, -0.2) is 24.9 Å². The van der Waals surface area contributed by atoms with Crippen molar-refractivity contribution < 1.29 is 13.2 Å². The highest BCUT2D eigenvalue weighted by Gasteiger charge is 2.11. The molecule has 6 nitrogen and oxygen atoms in total. The van der Waals surface area contributed by atoms with Crippen LogP contribution in [0.3, 0.4) is 0 Å². The van der Waals surface area contributed by atoms with Crippen molar-refractivity contribution in [1.82, 2.24) is 4.98 Å². The number of carbonyl (C=O) groups excluding carboxylic acids is 1. The first-order valence-electron chi connectivity index (χ1n) is 8.80. The van der Waals surface area contributed by atoms with Crippen LogP contribution >= 0.6 is 0 Å². The molecule has 0 amide bonds. The van der Waals surface area contributed by atoms with Gasteiger partial charge in [0.1, 0.15) is 5.82 Å². The number of hydrogen-bond acceptors (Lipinski definition) is 5. The average Bonchev–Trinajstić information content (AvgIpc) is 2.69. The fraction of sp³-hybridized carbons (Fsp3) is 0.143. The van der Waals surface area contributed by atoms with Crippen molar-refractivity contribution in [3.05, 3.63) is 84.1 Å². The molecule has 0 unspecified atom stereocenters. The number of benzene rings is 2. The van der Waals surface area contributed by atoms with Crippen LogP contribution < -0.4 is 10.0 Å². The Balaban J connectivity index is 1.58. The van der Waals surface area contributed by atoms with Crippen LogP contribution in [-0.2, 0) is 16.4 Å². The number of nitrogens with zero attached hydrogens (tertiary/aromatic N) is 1. The van der Waals surface area contributed by atoms with Gasteiger partial charge in [-0.1, -0.05) is 30.3 Å². The Labute approximate surface area is 164 Å². The molecule has 0 spiro atoms. The van der Waals surface area contributed by atoms with E-state index in [1.807, 2.05) is 30.3 Å². The SMILES string of the molecule is CC(=O)c1ccc(Nc2ccc(NS(=O)(=O)CCc3ccccc3)cn2)cc1. The highest BCUT2D eigenvalue weighted by molar-refractivity contribution is 7.92. The van der Waals surface area contributed by atoms with E-state index in [4.69, 9.17) is 0 Å². The van der Waals surface area contributed by atoms with Crippen molar-refractivity contribution in [2.24, 2.45) is 0 Å². The number of rotatable bonds is 8. The van der Waals surface area contributed by atoms with Crippen molar-refractivity contribution in [3.63, 3.8) is 0 Å². The minimum atomic E-state index is -3.46. The van der Waals surface area contributed by atoms with Crippen molar-refractivity contribution in [2.45, 2.75) is 13.3 Å². The number of nitrogens with one attached hydrogen (secondary N) is 2. The maximum atomic E-state index is 12.3. The summed E-state index contributed by atoms with van der Waals surface area (Å²) < 4.78 is 27.1. The summed E-state index contributed by atoms with van der Waals surface area (Å²) in [6, 6.07) is 19.9. The number of pyridine rings is 1. The summed E-state index contributed by atoms with van der Waals surface area (Å²) in [5.74, 6) is 0.580. The zero-order chi connectivity index (χ0) is 20.0. The third-order valence-corrected chi connectivity index (χ3v) is 5.39. The van der Waals surface area contributed by atoms with E-state index in [-0.39, 0.29) is 11.5 Å². The first kappa shape index (κ1) is 19.6. The lowest BCUT2D eigenvalue weighted by Crippen LogP contribution is -2.18. The molecule has 2 aromatic carbocycles. The Kier molecular flexibility index (Phi) is 6.06. The zero-order valence-electron chi connectivity index (χ0n) is 15.4. The van der Waals surface area contributed by atoms with E-state index in [1.54, 1.807) is 36.4 Å². The number of carbonyl (C=O) groups is 1. The van der Waals surface area contributed by atoms with Gasteiger partial charge in [-0.25, -0.2) is 13.4 Å². The van der Waals surface area contributed by atoms with E-state index >= 15 is 0 Å². The molecule has 28 heavy (non-hydrogen) atoms. The van der Waals surface area contributed by atoms with Gasteiger partial charge in [0.25, 0.3) is 0 Å². The molecule has 7 heteroatoms. The van der Waals surface area contributed by atoms with Crippen LogP contribution in [0.5, 0.6) is 0 Å². The van der Waals surface area contributed by atoms with Gasteiger partial charge in [0.05, 0.1) is 17.6 Å². The van der Waals surface area contributed by atoms with Gasteiger partial charge in [0, 0.05) is 11.3 Å². The molecule has 2 N–H and O–H groups in total. The standard InChI is InChI=1S/C21H21N3O3S/c1-16(25)18-7-9-19(10-8-18)23-21-12-11-20(15-22-21)24-28(26,27)14-13-17-5-3-2-4-6-17/h2-12,15,24H,13-14H2,1H3,(H,22,23). The molecular formula is C21H21N3O3S. The lowest BCUT2D eigenvalue weighted by molar-refractivity contribution is 0.101. The molecule has 0 atom stereocenters. The Hall–Kier alpha value is -3.19. The summed E-state index contributed by atoms with van der Waals surface area (Å²) in [6.45, 7) is 1.52. The van der Waals surface area contributed by atoms with Gasteiger partial charge in [-0.3, -0.25) is 9.52 Å². The molecule has 144 valence electrons. The molecule has 0 aliphatic rings. The van der Waals surface area contributed by atoms with Crippen molar-refractivity contribution in [1.29, 1.82) is 0 Å². The van der Waals surface area contributed by atoms with E-state index < -0.39 is 10.0 Å². The minimum absolute atomic E-state index is 0.000484. The Morgan fingerprint density at radius 3 is 2.21 bits per heavy atom. The fourth-order valence-electron chi connectivity index (χ4n) is 2.59. The Bertz CT molecular complexity index is 1030. The summed E-state index contributed by atoms with van der Waals surface area (Å²) in [4.78, 5) is 15.5. The number of sulfonamides is 1. The van der Waals surface area contributed by atoms with E-state index in [0.29, 0.717) is 23.5 Å². The van der Waals surface area contributed by atoms with Crippen molar-refractivity contribution >= 4 is 33.0 Å². The highest BCUT2D eigenvalue weighted by atomic mass is 32.2. The van der Waals surface area contributed by atoms with Gasteiger partial charge in [-0.15, -0.1) is 0 Å². The average molecular weight is 395 g/mol. The molecule has 0 bridgehead atoms. The Morgan fingerprint density at radius 2 is 1.61 bits per heavy atom. The Morgan fingerprint density at radius 1 is 0.929 bits per heavy atom. The van der Waals surface area contributed by atoms with E-state index in [9.17, 15) is 13.2 Å². The van der Waals surface area contributed by atoms with E-state index in [2.05, 4.69) is 15.0 Å². The lowest BCUT2D eigenvalue weighted by Gasteiger charge is -2.10. The summed E-state index contributed by atoms with van der Waals surface area (Å²) in [5.41, 5.74) is 2.80. The lowest BCUT2D eigenvalue weighted by atomic mass is 10.1. The van der Waals surface area contributed by atoms with Crippen LogP contribution in [0.1, 0.15) is 22.8 Å². The number of aryl methyl sites for hydroxylation is 1. The molecule has 0 aliphatic heterocycles. The second kappa shape index (κ2) is 8.67. The quantitative estimate of drug-likeness (QED) is 0.563. The van der Waals surface area contributed by atoms with Crippen LogP contribution in [0, 0.1) is 0 Å². The van der Waals surface area contributed by atoms with Gasteiger partial charge >= 0.3 is 0 Å². The van der Waals surface area contributed by atoms with Gasteiger partial charge in [-0.05, 0) is 55.3 Å². The van der Waals surface area contributed by atoms with E-state index in [0.717, 1.165) is 11.3 Å². The number of Topliss-reactive ketones (excluding diaryl/α,β-unsaturated/α-hetero) is 1. The van der Waals surface area contributed by atoms with Gasteiger partial charge in [0.15, 0.2) is 5.78 Å². The van der Waals surface area contributed by atoms with Crippen LogP contribution in [0.25, 0.3) is 0 Å². The van der Waals surface area contributed by atoms with E-state index in [1.165, 1.54) is 13.1 Å². The summed E-state index contributed by atoms with van der Waals surface area (Å²) in [7, 11) is -3.46. The topological polar surface area (TPSA) is 88.2 Å². The molecule has 1 aromatic heterocycles. The maximum Gasteiger partial charge on any atom is 0.233 e. The second-order valence-corrected chi connectivity index (χ2v) is 8.19. The molecule has 0 radical (unpaired) electrons. The van der Waals surface area contributed by atoms with Crippen LogP contribution in [0.4, 0.5) is 17.2 Å².